The molecule has 6 heavy (non-hydrogen) atoms. The molecule has 0 aliphatic carbocycles. The van der Waals surface area contributed by atoms with Crippen LogP contribution in [0.15, 0.2) is 0 Å². The van der Waals surface area contributed by atoms with Crippen molar-refractivity contribution >= 4 is 0 Å². The fourth-order valence-corrected chi connectivity index (χ4v) is 0. The molecule has 0 aromatic rings. The molecular formula is HCeO4Zr. The van der Waals surface area contributed by atoms with Gasteiger partial charge in [-0.25, -0.2) is 0 Å². The van der Waals surface area contributed by atoms with Gasteiger partial charge in [0.1, 0.15) is 0 Å². The molecule has 0 fully saturated rings. The molecule has 0 bridgehead atoms. The molecule has 0 aliphatic rings. The van der Waals surface area contributed by atoms with Crippen LogP contribution in [-0.4, -0.2) is 5.48 Å². The van der Waals surface area contributed by atoms with Crippen molar-refractivity contribution in [3.8, 4) is 0 Å². The van der Waals surface area contributed by atoms with Crippen LogP contribution in [0.4, 0.5) is 0 Å². The van der Waals surface area contributed by atoms with Crippen LogP contribution in [0.25, 0.3) is 0 Å². The van der Waals surface area contributed by atoms with Crippen LogP contribution in [0, 0.1) is 41.7 Å². The van der Waals surface area contributed by atoms with E-state index in [1.165, 1.54) is 0 Å². The Balaban J connectivity index is 0. The minimum Gasteiger partial charge on any atom is -2.00 e. The van der Waals surface area contributed by atoms with E-state index in [-0.39, 0.29) is 89.9 Å². The molecule has 1 radical (unpaired) electrons. The number of hydrogen-bond donors (Lipinski definition) is 0. The van der Waals surface area contributed by atoms with Gasteiger partial charge in [0.2, 0.25) is 0 Å². The van der Waals surface area contributed by atoms with Crippen molar-refractivity contribution in [3.63, 3.8) is 0 Å². The zero-order valence-electron chi connectivity index (χ0n) is 2.67. The Hall–Kier alpha value is 2.10. The van der Waals surface area contributed by atoms with Crippen molar-refractivity contribution in [1.29, 1.82) is 0 Å². The van der Waals surface area contributed by atoms with Crippen molar-refractivity contribution < 1.29 is 89.9 Å². The third kappa shape index (κ3) is 36.0. The molecule has 0 amide bonds. The van der Waals surface area contributed by atoms with Crippen molar-refractivity contribution in [2.75, 3.05) is 0 Å². The van der Waals surface area contributed by atoms with Crippen LogP contribution in [0.5, 0.6) is 0 Å². The zero-order valence-corrected chi connectivity index (χ0v) is 8.27. The van der Waals surface area contributed by atoms with Gasteiger partial charge in [0.05, 0.1) is 0 Å². The maximum absolute atomic E-state index is 0. The first-order valence-corrected chi connectivity index (χ1v) is 0. The van der Waals surface area contributed by atoms with Crippen LogP contribution in [0.2, 0.25) is 0 Å². The normalized spacial score (nSPS) is 0. The Morgan fingerprint density at radius 1 is 0.667 bits per heavy atom. The second-order valence-corrected chi connectivity index (χ2v) is 0. The molecule has 0 aromatic heterocycles. The summed E-state index contributed by atoms with van der Waals surface area (Å²) < 4.78 is 0. The molecular weight excluding hydrogens is 295 g/mol. The summed E-state index contributed by atoms with van der Waals surface area (Å²) in [5.74, 6) is 0. The Kier molecular flexibility index (Phi) is 925. The van der Waals surface area contributed by atoms with E-state index in [4.69, 9.17) is 0 Å². The van der Waals surface area contributed by atoms with Gasteiger partial charge < -0.3 is 21.9 Å². The molecule has 0 atom stereocenters. The van der Waals surface area contributed by atoms with Crippen molar-refractivity contribution in [2.45, 2.75) is 0 Å². The zero-order chi connectivity index (χ0) is 0. The summed E-state index contributed by atoms with van der Waals surface area (Å²) in [6, 6.07) is 0. The SMILES string of the molecule is [Ce+3].[O-2].[O-2].[O-2].[OH-].[Zr+4]. The van der Waals surface area contributed by atoms with Gasteiger partial charge in [-0.15, -0.1) is 0 Å². The van der Waals surface area contributed by atoms with E-state index in [9.17, 15) is 0 Å². The second kappa shape index (κ2) is 59.9. The first-order chi connectivity index (χ1) is 0. The van der Waals surface area contributed by atoms with E-state index in [1.54, 1.807) is 0 Å². The van der Waals surface area contributed by atoms with E-state index in [1.807, 2.05) is 0 Å². The van der Waals surface area contributed by atoms with Gasteiger partial charge in [0.25, 0.3) is 0 Å². The molecule has 0 aliphatic heterocycles. The molecule has 0 unspecified atom stereocenters. The fraction of sp³-hybridized carbons (Fsp3) is 0. The van der Waals surface area contributed by atoms with Crippen LogP contribution in [-0.2, 0) is 42.6 Å². The molecule has 33 valence electrons. The van der Waals surface area contributed by atoms with Gasteiger partial charge in [-0.3, -0.25) is 0 Å². The summed E-state index contributed by atoms with van der Waals surface area (Å²) >= 11 is 0. The van der Waals surface area contributed by atoms with Crippen LogP contribution >= 0.6 is 0 Å². The van der Waals surface area contributed by atoms with Crippen molar-refractivity contribution in [1.82, 2.24) is 0 Å². The van der Waals surface area contributed by atoms with Crippen molar-refractivity contribution in [2.24, 2.45) is 0 Å². The van der Waals surface area contributed by atoms with Gasteiger partial charge in [0.15, 0.2) is 0 Å². The van der Waals surface area contributed by atoms with Crippen molar-refractivity contribution in [3.05, 3.63) is 0 Å². The number of hydrogen-bond acceptors (Lipinski definition) is 1. The molecule has 0 spiro atoms. The largest absolute Gasteiger partial charge is 4.00 e. The van der Waals surface area contributed by atoms with E-state index < -0.39 is 0 Å². The molecule has 4 nitrogen and oxygen atoms in total. The van der Waals surface area contributed by atoms with Crippen LogP contribution in [0.3, 0.4) is 0 Å². The van der Waals surface area contributed by atoms with Gasteiger partial charge in [-0.05, 0) is 0 Å². The van der Waals surface area contributed by atoms with Crippen LogP contribution < -0.4 is 0 Å². The first-order valence-electron chi connectivity index (χ1n) is 0. The Labute approximate surface area is 88.4 Å². The van der Waals surface area contributed by atoms with E-state index in [0.717, 1.165) is 0 Å². The molecule has 0 saturated carbocycles. The quantitative estimate of drug-likeness (QED) is 0.587. The summed E-state index contributed by atoms with van der Waals surface area (Å²) in [6.07, 6.45) is 0. The predicted octanol–water partition coefficient (Wildman–Crippen LogP) is -0.536. The van der Waals surface area contributed by atoms with Gasteiger partial charge in [-0.1, -0.05) is 0 Å². The minimum absolute atomic E-state index is 0. The molecule has 6 heteroatoms. The molecule has 1 N–H and O–H groups in total. The summed E-state index contributed by atoms with van der Waals surface area (Å²) in [5, 5.41) is 0. The van der Waals surface area contributed by atoms with Gasteiger partial charge in [0, 0.05) is 0 Å². The fourth-order valence-electron chi connectivity index (χ4n) is 0. The van der Waals surface area contributed by atoms with E-state index in [2.05, 4.69) is 0 Å². The van der Waals surface area contributed by atoms with E-state index >= 15 is 0 Å². The Morgan fingerprint density at radius 2 is 0.667 bits per heavy atom. The first kappa shape index (κ1) is 92.6. The predicted molar refractivity (Wildman–Crippen MR) is 4.00 cm³/mol. The summed E-state index contributed by atoms with van der Waals surface area (Å²) in [7, 11) is 0. The van der Waals surface area contributed by atoms with Gasteiger partial charge in [-0.2, -0.15) is 0 Å². The topological polar surface area (TPSA) is 116 Å². The maximum Gasteiger partial charge on any atom is 4.00 e. The average molecular weight is 296 g/mol. The summed E-state index contributed by atoms with van der Waals surface area (Å²) in [6.45, 7) is 0. The second-order valence-electron chi connectivity index (χ2n) is 0. The maximum atomic E-state index is 0. The Morgan fingerprint density at radius 3 is 0.667 bits per heavy atom. The van der Waals surface area contributed by atoms with Gasteiger partial charge >= 0.3 is 68.0 Å². The average Bonchev–Trinajstić information content (AvgIpc) is 0. The Bertz CT molecular complexity index is 7.51. The third-order valence-corrected chi connectivity index (χ3v) is 0. The molecule has 0 rings (SSSR count). The minimum atomic E-state index is 0. The smallest absolute Gasteiger partial charge is 2.00 e. The summed E-state index contributed by atoms with van der Waals surface area (Å²) in [5.41, 5.74) is 0. The number of rotatable bonds is 0. The molecule has 0 saturated heterocycles. The summed E-state index contributed by atoms with van der Waals surface area (Å²) in [4.78, 5) is 0. The van der Waals surface area contributed by atoms with E-state index in [0.29, 0.717) is 0 Å². The monoisotopic (exact) mass is 295 g/mol. The third-order valence-electron chi connectivity index (χ3n) is 0. The van der Waals surface area contributed by atoms with Crippen LogP contribution in [0.1, 0.15) is 0 Å². The standard InChI is InChI=1S/Ce.H2O.3O.Zr/h;1H2;;;;/q+3;;3*-2;+4/p-1. The molecule has 0 heterocycles. The molecule has 0 aromatic carbocycles.